The topological polar surface area (TPSA) is 29.1 Å². The summed E-state index contributed by atoms with van der Waals surface area (Å²) < 4.78 is 35.6. The zero-order valence-electron chi connectivity index (χ0n) is 8.73. The van der Waals surface area contributed by atoms with Crippen LogP contribution < -0.4 is 5.32 Å². The van der Waals surface area contributed by atoms with Crippen LogP contribution in [0.3, 0.4) is 0 Å². The van der Waals surface area contributed by atoms with Crippen molar-refractivity contribution in [2.75, 3.05) is 0 Å². The molecule has 0 radical (unpaired) electrons. The number of hydrogen-bond donors (Lipinski definition) is 1. The first kappa shape index (κ1) is 12.3. The van der Waals surface area contributed by atoms with Gasteiger partial charge < -0.3 is 5.32 Å². The van der Waals surface area contributed by atoms with Crippen LogP contribution in [0.1, 0.15) is 39.0 Å². The maximum Gasteiger partial charge on any atom is 0.397 e. The Morgan fingerprint density at radius 2 is 1.80 bits per heavy atom. The molecule has 1 fully saturated rings. The monoisotopic (exact) mass is 223 g/mol. The quantitative estimate of drug-likeness (QED) is 0.766. The summed E-state index contributed by atoms with van der Waals surface area (Å²) >= 11 is 0. The highest BCUT2D eigenvalue weighted by molar-refractivity contribution is 5.76. The van der Waals surface area contributed by atoms with Crippen molar-refractivity contribution in [2.24, 2.45) is 5.92 Å². The van der Waals surface area contributed by atoms with E-state index < -0.39 is 18.5 Å². The first-order valence-corrected chi connectivity index (χ1v) is 5.23. The molecule has 5 heteroatoms. The van der Waals surface area contributed by atoms with Gasteiger partial charge in [0.25, 0.3) is 0 Å². The third-order valence-electron chi connectivity index (χ3n) is 2.74. The van der Waals surface area contributed by atoms with Crippen LogP contribution in [0, 0.1) is 5.92 Å². The Labute approximate surface area is 87.2 Å². The standard InChI is InChI=1S/C10H16F3NO/c1-7-2-4-8(5-3-7)14-9(15)6-10(11,12)13/h7-8H,2-6H2,1H3,(H,14,15). The molecule has 1 N–H and O–H groups in total. The van der Waals surface area contributed by atoms with Gasteiger partial charge in [0.1, 0.15) is 6.42 Å². The van der Waals surface area contributed by atoms with Gasteiger partial charge in [-0.2, -0.15) is 13.2 Å². The highest BCUT2D eigenvalue weighted by Gasteiger charge is 2.32. The van der Waals surface area contributed by atoms with E-state index in [0.717, 1.165) is 25.7 Å². The highest BCUT2D eigenvalue weighted by Crippen LogP contribution is 2.24. The maximum atomic E-state index is 11.9. The minimum atomic E-state index is -4.40. The second-order valence-corrected chi connectivity index (χ2v) is 4.32. The SMILES string of the molecule is CC1CCC(NC(=O)CC(F)(F)F)CC1. The van der Waals surface area contributed by atoms with Crippen molar-refractivity contribution >= 4 is 5.91 Å². The minimum absolute atomic E-state index is 0.0592. The summed E-state index contributed by atoms with van der Waals surface area (Å²) in [6, 6.07) is -0.0592. The van der Waals surface area contributed by atoms with E-state index in [1.54, 1.807) is 0 Å². The molecule has 0 unspecified atom stereocenters. The van der Waals surface area contributed by atoms with Gasteiger partial charge in [-0.3, -0.25) is 4.79 Å². The van der Waals surface area contributed by atoms with E-state index >= 15 is 0 Å². The van der Waals surface area contributed by atoms with Gasteiger partial charge in [-0.15, -0.1) is 0 Å². The Morgan fingerprint density at radius 3 is 2.27 bits per heavy atom. The van der Waals surface area contributed by atoms with Gasteiger partial charge in [-0.25, -0.2) is 0 Å². The summed E-state index contributed by atoms with van der Waals surface area (Å²) in [5, 5.41) is 2.44. The molecule has 0 bridgehead atoms. The molecular formula is C10H16F3NO. The number of halogens is 3. The van der Waals surface area contributed by atoms with Gasteiger partial charge >= 0.3 is 6.18 Å². The summed E-state index contributed by atoms with van der Waals surface area (Å²) in [6.45, 7) is 2.12. The van der Waals surface area contributed by atoms with E-state index in [2.05, 4.69) is 12.2 Å². The molecule has 0 aromatic heterocycles. The number of hydrogen-bond acceptors (Lipinski definition) is 1. The second kappa shape index (κ2) is 4.86. The first-order valence-electron chi connectivity index (χ1n) is 5.23. The molecule has 1 aliphatic rings. The molecule has 0 spiro atoms. The van der Waals surface area contributed by atoms with Crippen molar-refractivity contribution in [3.05, 3.63) is 0 Å². The number of alkyl halides is 3. The van der Waals surface area contributed by atoms with Gasteiger partial charge in [0.2, 0.25) is 5.91 Å². The number of carbonyl (C=O) groups excluding carboxylic acids is 1. The van der Waals surface area contributed by atoms with Crippen molar-refractivity contribution in [1.29, 1.82) is 0 Å². The molecule has 0 atom stereocenters. The fourth-order valence-corrected chi connectivity index (χ4v) is 1.87. The predicted molar refractivity (Wildman–Crippen MR) is 50.2 cm³/mol. The Kier molecular flexibility index (Phi) is 3.99. The summed E-state index contributed by atoms with van der Waals surface area (Å²) in [7, 11) is 0. The molecule has 0 saturated heterocycles. The fourth-order valence-electron chi connectivity index (χ4n) is 1.87. The molecule has 1 aliphatic carbocycles. The second-order valence-electron chi connectivity index (χ2n) is 4.32. The van der Waals surface area contributed by atoms with E-state index in [-0.39, 0.29) is 6.04 Å². The van der Waals surface area contributed by atoms with E-state index in [0.29, 0.717) is 5.92 Å². The van der Waals surface area contributed by atoms with Crippen LogP contribution in [0.4, 0.5) is 13.2 Å². The van der Waals surface area contributed by atoms with Crippen LogP contribution in [-0.4, -0.2) is 18.1 Å². The molecule has 0 aromatic rings. The third-order valence-corrected chi connectivity index (χ3v) is 2.74. The summed E-state index contributed by atoms with van der Waals surface area (Å²) in [6.07, 6.45) is -2.20. The summed E-state index contributed by atoms with van der Waals surface area (Å²) in [5.74, 6) is -0.275. The lowest BCUT2D eigenvalue weighted by Gasteiger charge is -2.27. The Hall–Kier alpha value is -0.740. The fraction of sp³-hybridized carbons (Fsp3) is 0.900. The molecular weight excluding hydrogens is 207 g/mol. The average molecular weight is 223 g/mol. The molecule has 0 aliphatic heterocycles. The van der Waals surface area contributed by atoms with Gasteiger partial charge in [-0.1, -0.05) is 6.92 Å². The van der Waals surface area contributed by atoms with Crippen LogP contribution in [-0.2, 0) is 4.79 Å². The van der Waals surface area contributed by atoms with Crippen molar-refractivity contribution in [2.45, 2.75) is 51.2 Å². The smallest absolute Gasteiger partial charge is 0.353 e. The highest BCUT2D eigenvalue weighted by atomic mass is 19.4. The Balaban J connectivity index is 2.27. The van der Waals surface area contributed by atoms with Crippen LogP contribution in [0.5, 0.6) is 0 Å². The number of nitrogens with one attached hydrogen (secondary N) is 1. The van der Waals surface area contributed by atoms with Crippen molar-refractivity contribution in [1.82, 2.24) is 5.32 Å². The molecule has 0 heterocycles. The van der Waals surface area contributed by atoms with Crippen molar-refractivity contribution in [3.63, 3.8) is 0 Å². The Morgan fingerprint density at radius 1 is 1.27 bits per heavy atom. The predicted octanol–water partition coefficient (Wildman–Crippen LogP) is 2.63. The largest absolute Gasteiger partial charge is 0.397 e. The molecule has 88 valence electrons. The molecule has 2 nitrogen and oxygen atoms in total. The Bertz CT molecular complexity index is 219. The molecule has 1 saturated carbocycles. The molecule has 1 amide bonds. The molecule has 15 heavy (non-hydrogen) atoms. The van der Waals surface area contributed by atoms with E-state index in [1.807, 2.05) is 0 Å². The zero-order chi connectivity index (χ0) is 11.5. The van der Waals surface area contributed by atoms with Crippen LogP contribution in [0.15, 0.2) is 0 Å². The van der Waals surface area contributed by atoms with Gasteiger partial charge in [0, 0.05) is 6.04 Å². The van der Waals surface area contributed by atoms with E-state index in [1.165, 1.54) is 0 Å². The van der Waals surface area contributed by atoms with Gasteiger partial charge in [-0.05, 0) is 31.6 Å². The average Bonchev–Trinajstić information content (AvgIpc) is 2.05. The lowest BCUT2D eigenvalue weighted by Crippen LogP contribution is -2.39. The zero-order valence-corrected chi connectivity index (χ0v) is 8.73. The van der Waals surface area contributed by atoms with Gasteiger partial charge in [0.15, 0.2) is 0 Å². The number of amides is 1. The third kappa shape index (κ3) is 5.04. The lowest BCUT2D eigenvalue weighted by molar-refractivity contribution is -0.154. The number of rotatable bonds is 2. The van der Waals surface area contributed by atoms with Gasteiger partial charge in [0.05, 0.1) is 0 Å². The normalized spacial score (nSPS) is 27.5. The van der Waals surface area contributed by atoms with Crippen LogP contribution in [0.25, 0.3) is 0 Å². The van der Waals surface area contributed by atoms with Crippen LogP contribution in [0.2, 0.25) is 0 Å². The summed E-state index contributed by atoms with van der Waals surface area (Å²) in [5.41, 5.74) is 0. The first-order chi connectivity index (χ1) is 6.87. The van der Waals surface area contributed by atoms with Crippen molar-refractivity contribution < 1.29 is 18.0 Å². The maximum absolute atomic E-state index is 11.9. The van der Waals surface area contributed by atoms with E-state index in [4.69, 9.17) is 0 Å². The molecule has 1 rings (SSSR count). The molecule has 0 aromatic carbocycles. The van der Waals surface area contributed by atoms with Crippen molar-refractivity contribution in [3.8, 4) is 0 Å². The summed E-state index contributed by atoms with van der Waals surface area (Å²) in [4.78, 5) is 11.0. The van der Waals surface area contributed by atoms with Crippen LogP contribution >= 0.6 is 0 Å². The lowest BCUT2D eigenvalue weighted by atomic mass is 9.87. The number of carbonyl (C=O) groups is 1. The minimum Gasteiger partial charge on any atom is -0.353 e. The van der Waals surface area contributed by atoms with E-state index in [9.17, 15) is 18.0 Å².